The van der Waals surface area contributed by atoms with Crippen LogP contribution in [0, 0.1) is 22.7 Å². The van der Waals surface area contributed by atoms with Gasteiger partial charge < -0.3 is 9.47 Å². The van der Waals surface area contributed by atoms with Gasteiger partial charge in [0.1, 0.15) is 11.1 Å². The fourth-order valence-electron chi connectivity index (χ4n) is 3.68. The van der Waals surface area contributed by atoms with Crippen molar-refractivity contribution in [1.29, 1.82) is 5.26 Å². The molecule has 0 N–H and O–H groups in total. The molecule has 0 fully saturated rings. The summed E-state index contributed by atoms with van der Waals surface area (Å²) >= 11 is 5.22. The van der Waals surface area contributed by atoms with E-state index in [2.05, 4.69) is 47.8 Å². The van der Waals surface area contributed by atoms with Gasteiger partial charge in [-0.15, -0.1) is 11.3 Å². The predicted octanol–water partition coefficient (Wildman–Crippen LogP) is 6.01. The molecule has 0 unspecified atom stereocenters. The van der Waals surface area contributed by atoms with E-state index in [1.807, 2.05) is 12.1 Å². The van der Waals surface area contributed by atoms with Gasteiger partial charge in [-0.1, -0.05) is 20.8 Å². The van der Waals surface area contributed by atoms with Crippen LogP contribution in [0.1, 0.15) is 48.8 Å². The molecule has 1 aliphatic heterocycles. The number of fused-ring (bicyclic) bond motifs is 2. The molecule has 140 valence electrons. The summed E-state index contributed by atoms with van der Waals surface area (Å²) in [4.78, 5) is 6.00. The first-order chi connectivity index (χ1) is 12.9. The zero-order valence-corrected chi connectivity index (χ0v) is 18.0. The number of hydrogen-bond donors (Lipinski definition) is 0. The number of rotatable bonds is 2. The standard InChI is InChI=1S/C21H21BrN2O2S/c1-21(2,3)13-4-5-14-15(9-23)20(27-19(14)7-13)24-10-12-6-17-18(8-16(12)22)26-11-25-17/h6,8,10,13H,4-5,7,11H2,1-3H3/t13-/m1/s1. The highest BCUT2D eigenvalue weighted by Gasteiger charge is 2.32. The highest BCUT2D eigenvalue weighted by Crippen LogP contribution is 2.45. The maximum absolute atomic E-state index is 9.70. The molecule has 27 heavy (non-hydrogen) atoms. The monoisotopic (exact) mass is 444 g/mol. The molecule has 0 amide bonds. The van der Waals surface area contributed by atoms with Gasteiger partial charge in [-0.05, 0) is 64.2 Å². The molecule has 0 spiro atoms. The third kappa shape index (κ3) is 3.51. The summed E-state index contributed by atoms with van der Waals surface area (Å²) in [6.45, 7) is 7.15. The topological polar surface area (TPSA) is 54.6 Å². The molecule has 1 aromatic heterocycles. The molecule has 0 saturated heterocycles. The average molecular weight is 445 g/mol. The van der Waals surface area contributed by atoms with Gasteiger partial charge in [0.25, 0.3) is 0 Å². The first-order valence-electron chi connectivity index (χ1n) is 9.04. The second kappa shape index (κ2) is 6.96. The van der Waals surface area contributed by atoms with Crippen molar-refractivity contribution < 1.29 is 9.47 Å². The average Bonchev–Trinajstić information content (AvgIpc) is 3.21. The van der Waals surface area contributed by atoms with Crippen LogP contribution in [-0.4, -0.2) is 13.0 Å². The summed E-state index contributed by atoms with van der Waals surface area (Å²) in [6.07, 6.45) is 4.95. The van der Waals surface area contributed by atoms with E-state index in [1.165, 1.54) is 10.4 Å². The van der Waals surface area contributed by atoms with Crippen LogP contribution >= 0.6 is 27.3 Å². The zero-order chi connectivity index (χ0) is 19.2. The van der Waals surface area contributed by atoms with Gasteiger partial charge in [0, 0.05) is 21.1 Å². The Kier molecular flexibility index (Phi) is 4.77. The second-order valence-corrected chi connectivity index (χ2v) is 10.0. The molecule has 1 aromatic carbocycles. The Morgan fingerprint density at radius 1 is 1.30 bits per heavy atom. The normalized spacial score (nSPS) is 18.6. The lowest BCUT2D eigenvalue weighted by atomic mass is 9.72. The van der Waals surface area contributed by atoms with Gasteiger partial charge in [0.05, 0.1) is 5.56 Å². The number of hydrogen-bond acceptors (Lipinski definition) is 5. The molecule has 2 aliphatic rings. The zero-order valence-electron chi connectivity index (χ0n) is 15.6. The van der Waals surface area contributed by atoms with Crippen LogP contribution in [0.25, 0.3) is 0 Å². The fourth-order valence-corrected chi connectivity index (χ4v) is 5.32. The van der Waals surface area contributed by atoms with E-state index >= 15 is 0 Å². The molecule has 0 saturated carbocycles. The summed E-state index contributed by atoms with van der Waals surface area (Å²) in [5, 5.41) is 10.5. The molecular weight excluding hydrogens is 424 g/mol. The van der Waals surface area contributed by atoms with Gasteiger partial charge in [0.2, 0.25) is 6.79 Å². The van der Waals surface area contributed by atoms with Gasteiger partial charge in [0.15, 0.2) is 11.5 Å². The van der Waals surface area contributed by atoms with Crippen molar-refractivity contribution in [1.82, 2.24) is 0 Å². The van der Waals surface area contributed by atoms with E-state index in [-0.39, 0.29) is 12.2 Å². The Bertz CT molecular complexity index is 966. The van der Waals surface area contributed by atoms with Crippen molar-refractivity contribution in [2.24, 2.45) is 16.3 Å². The third-order valence-electron chi connectivity index (χ3n) is 5.40. The first kappa shape index (κ1) is 18.5. The lowest BCUT2D eigenvalue weighted by Gasteiger charge is -2.33. The first-order valence-corrected chi connectivity index (χ1v) is 10.7. The van der Waals surface area contributed by atoms with E-state index in [1.54, 1.807) is 17.6 Å². The molecule has 2 aromatic rings. The van der Waals surface area contributed by atoms with Gasteiger partial charge in [-0.3, -0.25) is 0 Å². The lowest BCUT2D eigenvalue weighted by molar-refractivity contribution is 0.174. The molecule has 4 rings (SSSR count). The smallest absolute Gasteiger partial charge is 0.231 e. The molecule has 0 radical (unpaired) electrons. The number of benzene rings is 1. The van der Waals surface area contributed by atoms with E-state index in [4.69, 9.17) is 9.47 Å². The largest absolute Gasteiger partial charge is 0.454 e. The number of nitriles is 1. The summed E-state index contributed by atoms with van der Waals surface area (Å²) < 4.78 is 11.7. The molecule has 6 heteroatoms. The van der Waals surface area contributed by atoms with Crippen LogP contribution in [0.2, 0.25) is 0 Å². The Balaban J connectivity index is 1.65. The van der Waals surface area contributed by atoms with Crippen LogP contribution in [0.3, 0.4) is 0 Å². The van der Waals surface area contributed by atoms with Gasteiger partial charge in [-0.2, -0.15) is 5.26 Å². The van der Waals surface area contributed by atoms with Crippen LogP contribution in [0.5, 0.6) is 11.5 Å². The molecule has 1 atom stereocenters. The molecule has 4 nitrogen and oxygen atoms in total. The van der Waals surface area contributed by atoms with Crippen LogP contribution in [-0.2, 0) is 12.8 Å². The van der Waals surface area contributed by atoms with Crippen molar-refractivity contribution in [3.63, 3.8) is 0 Å². The Labute approximate surface area is 172 Å². The molecule has 2 heterocycles. The molecule has 0 bridgehead atoms. The third-order valence-corrected chi connectivity index (χ3v) is 7.25. The van der Waals surface area contributed by atoms with E-state index in [0.29, 0.717) is 5.92 Å². The number of halogens is 1. The van der Waals surface area contributed by atoms with Crippen LogP contribution in [0.4, 0.5) is 5.00 Å². The maximum Gasteiger partial charge on any atom is 0.231 e. The number of nitrogens with zero attached hydrogens (tertiary/aromatic N) is 2. The summed E-state index contributed by atoms with van der Waals surface area (Å²) in [5.41, 5.74) is 3.15. The minimum absolute atomic E-state index is 0.244. The Morgan fingerprint density at radius 3 is 2.74 bits per heavy atom. The van der Waals surface area contributed by atoms with Crippen molar-refractivity contribution in [2.45, 2.75) is 40.0 Å². The van der Waals surface area contributed by atoms with E-state index in [0.717, 1.165) is 51.4 Å². The Hall–Kier alpha value is -1.84. The summed E-state index contributed by atoms with van der Waals surface area (Å²) in [6, 6.07) is 6.19. The predicted molar refractivity (Wildman–Crippen MR) is 112 cm³/mol. The highest BCUT2D eigenvalue weighted by molar-refractivity contribution is 9.10. The number of ether oxygens (including phenoxy) is 2. The van der Waals surface area contributed by atoms with Crippen molar-refractivity contribution in [2.75, 3.05) is 6.79 Å². The van der Waals surface area contributed by atoms with E-state index in [9.17, 15) is 5.26 Å². The highest BCUT2D eigenvalue weighted by atomic mass is 79.9. The van der Waals surface area contributed by atoms with Crippen molar-refractivity contribution in [3.05, 3.63) is 38.2 Å². The van der Waals surface area contributed by atoms with E-state index < -0.39 is 0 Å². The van der Waals surface area contributed by atoms with Gasteiger partial charge in [-0.25, -0.2) is 4.99 Å². The van der Waals surface area contributed by atoms with Crippen molar-refractivity contribution in [3.8, 4) is 17.6 Å². The lowest BCUT2D eigenvalue weighted by Crippen LogP contribution is -2.26. The van der Waals surface area contributed by atoms with Crippen LogP contribution < -0.4 is 9.47 Å². The quantitative estimate of drug-likeness (QED) is 0.532. The fraction of sp³-hybridized carbons (Fsp3) is 0.429. The van der Waals surface area contributed by atoms with Crippen molar-refractivity contribution >= 4 is 38.5 Å². The van der Waals surface area contributed by atoms with Gasteiger partial charge >= 0.3 is 0 Å². The SMILES string of the molecule is CC(C)(C)[C@@H]1CCc2c(sc(N=Cc3cc4c(cc3Br)OCO4)c2C#N)C1. The number of aliphatic imine (C=N–C) groups is 1. The summed E-state index contributed by atoms with van der Waals surface area (Å²) in [5.74, 6) is 2.10. The Morgan fingerprint density at radius 2 is 2.04 bits per heavy atom. The maximum atomic E-state index is 9.70. The second-order valence-electron chi connectivity index (χ2n) is 8.09. The van der Waals surface area contributed by atoms with Crippen LogP contribution in [0.15, 0.2) is 21.6 Å². The minimum atomic E-state index is 0.244. The minimum Gasteiger partial charge on any atom is -0.454 e. The number of thiophene rings is 1. The molecule has 1 aliphatic carbocycles. The molecular formula is C21H21BrN2O2S. The summed E-state index contributed by atoms with van der Waals surface area (Å²) in [7, 11) is 0.